The molecule has 4 aromatic heterocycles. The van der Waals surface area contributed by atoms with Gasteiger partial charge in [0.05, 0.1) is 36.3 Å². The lowest BCUT2D eigenvalue weighted by molar-refractivity contribution is -0.111. The Morgan fingerprint density at radius 2 is 1.91 bits per heavy atom. The van der Waals surface area contributed by atoms with Crippen molar-refractivity contribution in [1.82, 2.24) is 29.4 Å². The number of anilines is 3. The van der Waals surface area contributed by atoms with Gasteiger partial charge in [-0.2, -0.15) is 0 Å². The van der Waals surface area contributed by atoms with Crippen molar-refractivity contribution < 1.29 is 14.3 Å². The van der Waals surface area contributed by atoms with Gasteiger partial charge in [-0.05, 0) is 74.1 Å². The number of carbonyl (C=O) groups is 2. The number of nitrogens with one attached hydrogen (secondary N) is 2. The molecule has 2 amide bonds. The standard InChI is InChI=1S/C41H45N9O3/c1-6-36(51)45-32-15-26(7-8-33(32)48-12-11-47(20-24(48)2)28-21-53-22-28)31-17-30-37(43-23-44-38(30)46-31)29-9-10-42-39(25(29)3)50-14-13-49-34(40(50)52)16-27-18-41(4,5)19-35(27)49/h6-10,15-17,23-24,28H,1,11-14,18-22H2,2-5H3,(H,45,51)(H,43,44,46)/t24-/m0/s1. The molecule has 12 nitrogen and oxygen atoms in total. The highest BCUT2D eigenvalue weighted by Gasteiger charge is 2.38. The number of piperazine rings is 1. The number of ether oxygens (including phenoxy) is 1. The summed E-state index contributed by atoms with van der Waals surface area (Å²) < 4.78 is 7.67. The zero-order valence-electron chi connectivity index (χ0n) is 30.8. The van der Waals surface area contributed by atoms with Gasteiger partial charge < -0.3 is 24.5 Å². The number of carbonyl (C=O) groups excluding carboxylic acids is 2. The summed E-state index contributed by atoms with van der Waals surface area (Å²) in [6, 6.07) is 13.0. The van der Waals surface area contributed by atoms with E-state index >= 15 is 0 Å². The minimum atomic E-state index is -0.261. The third-order valence-electron chi connectivity index (χ3n) is 11.6. The molecule has 1 atom stereocenters. The lowest BCUT2D eigenvalue weighted by Gasteiger charge is -2.46. The molecule has 272 valence electrons. The van der Waals surface area contributed by atoms with Gasteiger partial charge in [-0.15, -0.1) is 0 Å². The van der Waals surface area contributed by atoms with Gasteiger partial charge in [-0.1, -0.05) is 26.5 Å². The zero-order valence-corrected chi connectivity index (χ0v) is 30.8. The van der Waals surface area contributed by atoms with Gasteiger partial charge >= 0.3 is 0 Å². The summed E-state index contributed by atoms with van der Waals surface area (Å²) in [4.78, 5) is 50.9. The summed E-state index contributed by atoms with van der Waals surface area (Å²) in [5.41, 5.74) is 10.3. The molecule has 1 aliphatic carbocycles. The Balaban J connectivity index is 1.03. The van der Waals surface area contributed by atoms with E-state index in [0.717, 1.165) is 103 Å². The van der Waals surface area contributed by atoms with Gasteiger partial charge in [-0.25, -0.2) is 15.0 Å². The Morgan fingerprint density at radius 1 is 1.06 bits per heavy atom. The molecular formula is C41H45N9O3. The quantitative estimate of drug-likeness (QED) is 0.209. The van der Waals surface area contributed by atoms with Gasteiger partial charge in [0.2, 0.25) is 5.91 Å². The minimum Gasteiger partial charge on any atom is -0.378 e. The molecule has 5 aromatic rings. The van der Waals surface area contributed by atoms with Crippen LogP contribution in [-0.4, -0.2) is 92.7 Å². The lowest BCUT2D eigenvalue weighted by atomic mass is 9.90. The summed E-state index contributed by atoms with van der Waals surface area (Å²) in [6.07, 6.45) is 6.61. The Bertz CT molecular complexity index is 2300. The van der Waals surface area contributed by atoms with Gasteiger partial charge in [0, 0.05) is 78.4 Å². The number of aromatic nitrogens is 5. The van der Waals surface area contributed by atoms with Crippen LogP contribution in [0.5, 0.6) is 0 Å². The normalized spacial score (nSPS) is 20.0. The van der Waals surface area contributed by atoms with E-state index in [-0.39, 0.29) is 23.3 Å². The van der Waals surface area contributed by atoms with E-state index in [0.29, 0.717) is 24.1 Å². The van der Waals surface area contributed by atoms with Crippen molar-refractivity contribution >= 4 is 40.0 Å². The van der Waals surface area contributed by atoms with Crippen LogP contribution in [0.3, 0.4) is 0 Å². The fourth-order valence-corrected chi connectivity index (χ4v) is 8.82. The minimum absolute atomic E-state index is 0.0139. The molecule has 9 rings (SSSR count). The molecule has 53 heavy (non-hydrogen) atoms. The second-order valence-corrected chi connectivity index (χ2v) is 15.8. The molecule has 12 heteroatoms. The van der Waals surface area contributed by atoms with Gasteiger partial charge in [0.15, 0.2) is 0 Å². The maximum atomic E-state index is 14.0. The highest BCUT2D eigenvalue weighted by molar-refractivity contribution is 6.07. The van der Waals surface area contributed by atoms with Crippen LogP contribution in [0.25, 0.3) is 33.5 Å². The highest BCUT2D eigenvalue weighted by Crippen LogP contribution is 2.41. The number of benzene rings is 1. The highest BCUT2D eigenvalue weighted by atomic mass is 16.5. The van der Waals surface area contributed by atoms with Crippen molar-refractivity contribution in [3.8, 4) is 22.5 Å². The number of hydrogen-bond acceptors (Lipinski definition) is 8. The number of amides is 2. The molecule has 7 heterocycles. The molecule has 0 radical (unpaired) electrons. The molecule has 0 spiro atoms. The Kier molecular flexibility index (Phi) is 8.01. The number of rotatable bonds is 7. The number of H-pyrrole nitrogens is 1. The largest absolute Gasteiger partial charge is 0.378 e. The molecule has 0 unspecified atom stereocenters. The second kappa shape index (κ2) is 12.7. The average molecular weight is 712 g/mol. The second-order valence-electron chi connectivity index (χ2n) is 15.8. The first kappa shape index (κ1) is 33.5. The van der Waals surface area contributed by atoms with Gasteiger partial charge in [0.1, 0.15) is 23.5 Å². The van der Waals surface area contributed by atoms with E-state index < -0.39 is 0 Å². The van der Waals surface area contributed by atoms with Crippen LogP contribution in [0.4, 0.5) is 17.2 Å². The van der Waals surface area contributed by atoms with Crippen molar-refractivity contribution in [1.29, 1.82) is 0 Å². The molecule has 0 bridgehead atoms. The summed E-state index contributed by atoms with van der Waals surface area (Å²) in [7, 11) is 0. The first-order valence-electron chi connectivity index (χ1n) is 18.6. The van der Waals surface area contributed by atoms with Crippen molar-refractivity contribution in [2.24, 2.45) is 5.41 Å². The first-order valence-corrected chi connectivity index (χ1v) is 18.6. The van der Waals surface area contributed by atoms with Crippen molar-refractivity contribution in [3.05, 3.63) is 84.1 Å². The zero-order chi connectivity index (χ0) is 36.6. The van der Waals surface area contributed by atoms with E-state index in [4.69, 9.17) is 14.7 Å². The SMILES string of the molecule is C=CC(=O)Nc1cc(-c2cc3c(-c4ccnc(N5CCn6c(cc7c6CC(C)(C)C7)C5=O)c4C)ncnc3[nH]2)ccc1N1CCN(C2COC2)C[C@@H]1C. The van der Waals surface area contributed by atoms with Crippen LogP contribution in [-0.2, 0) is 28.9 Å². The van der Waals surface area contributed by atoms with Gasteiger partial charge in [-0.3, -0.25) is 19.4 Å². The van der Waals surface area contributed by atoms with Crippen LogP contribution in [0.15, 0.2) is 61.6 Å². The van der Waals surface area contributed by atoms with E-state index in [1.807, 2.05) is 24.0 Å². The first-order chi connectivity index (χ1) is 25.6. The van der Waals surface area contributed by atoms with E-state index in [2.05, 4.69) is 81.3 Å². The average Bonchev–Trinajstić information content (AvgIpc) is 3.79. The lowest BCUT2D eigenvalue weighted by Crippen LogP contribution is -2.59. The molecule has 1 aromatic carbocycles. The van der Waals surface area contributed by atoms with Crippen molar-refractivity contribution in [2.75, 3.05) is 54.5 Å². The maximum absolute atomic E-state index is 14.0. The van der Waals surface area contributed by atoms with Crippen molar-refractivity contribution in [3.63, 3.8) is 0 Å². The van der Waals surface area contributed by atoms with Crippen LogP contribution >= 0.6 is 0 Å². The number of hydrogen-bond donors (Lipinski definition) is 2. The Hall–Kier alpha value is -5.33. The Labute approximate surface area is 308 Å². The summed E-state index contributed by atoms with van der Waals surface area (Å²) >= 11 is 0. The molecular weight excluding hydrogens is 667 g/mol. The van der Waals surface area contributed by atoms with E-state index in [1.54, 1.807) is 12.5 Å². The van der Waals surface area contributed by atoms with Crippen LogP contribution in [0.2, 0.25) is 0 Å². The topological polar surface area (TPSA) is 125 Å². The number of fused-ring (bicyclic) bond motifs is 4. The predicted molar refractivity (Wildman–Crippen MR) is 206 cm³/mol. The van der Waals surface area contributed by atoms with Crippen molar-refractivity contribution in [2.45, 2.75) is 59.2 Å². The summed E-state index contributed by atoms with van der Waals surface area (Å²) in [5.74, 6) is 0.376. The smallest absolute Gasteiger partial charge is 0.276 e. The third-order valence-corrected chi connectivity index (χ3v) is 11.6. The summed E-state index contributed by atoms with van der Waals surface area (Å²) in [6.45, 7) is 18.1. The molecule has 3 aliphatic heterocycles. The van der Waals surface area contributed by atoms with E-state index in [1.165, 1.54) is 17.3 Å². The maximum Gasteiger partial charge on any atom is 0.276 e. The van der Waals surface area contributed by atoms with Gasteiger partial charge in [0.25, 0.3) is 5.91 Å². The van der Waals surface area contributed by atoms with Crippen LogP contribution < -0.4 is 15.1 Å². The monoisotopic (exact) mass is 711 g/mol. The fourth-order valence-electron chi connectivity index (χ4n) is 8.82. The Morgan fingerprint density at radius 3 is 2.68 bits per heavy atom. The van der Waals surface area contributed by atoms with Crippen LogP contribution in [0.1, 0.15) is 48.1 Å². The summed E-state index contributed by atoms with van der Waals surface area (Å²) in [5, 5.41) is 3.92. The molecule has 4 aliphatic rings. The molecule has 2 saturated heterocycles. The van der Waals surface area contributed by atoms with Crippen LogP contribution in [0, 0.1) is 12.3 Å². The molecule has 0 saturated carbocycles. The predicted octanol–water partition coefficient (Wildman–Crippen LogP) is 5.62. The third kappa shape index (κ3) is 5.71. The molecule has 2 N–H and O–H groups in total. The number of pyridine rings is 1. The van der Waals surface area contributed by atoms with E-state index in [9.17, 15) is 9.59 Å². The fraction of sp³-hybridized carbons (Fsp3) is 0.390. The molecule has 2 fully saturated rings. The number of nitrogens with zero attached hydrogens (tertiary/aromatic N) is 7. The number of aromatic amines is 1.